The number of halogens is 2. The minimum absolute atomic E-state index is 0.0689. The van der Waals surface area contributed by atoms with Gasteiger partial charge in [0.15, 0.2) is 0 Å². The van der Waals surface area contributed by atoms with Gasteiger partial charge in [-0.3, -0.25) is 4.79 Å². The molecule has 1 saturated carbocycles. The van der Waals surface area contributed by atoms with Gasteiger partial charge in [0.1, 0.15) is 5.82 Å². The van der Waals surface area contributed by atoms with Crippen LogP contribution in [0.4, 0.5) is 4.39 Å². The van der Waals surface area contributed by atoms with Crippen molar-refractivity contribution in [2.75, 3.05) is 19.8 Å². The molecule has 1 aliphatic carbocycles. The molecule has 2 atom stereocenters. The molecule has 1 amide bonds. The zero-order chi connectivity index (χ0) is 16.2. The molecule has 1 heterocycles. The monoisotopic (exact) mass is 341 g/mol. The summed E-state index contributed by atoms with van der Waals surface area (Å²) in [6, 6.07) is 3.52. The third-order valence-electron chi connectivity index (χ3n) is 4.55. The first kappa shape index (κ1) is 16.7. The molecular weight excluding hydrogens is 321 g/mol. The van der Waals surface area contributed by atoms with Crippen LogP contribution in [0.25, 0.3) is 0 Å². The average molecular weight is 342 g/mol. The zero-order valence-corrected chi connectivity index (χ0v) is 13.7. The van der Waals surface area contributed by atoms with Gasteiger partial charge in [-0.05, 0) is 43.4 Å². The zero-order valence-electron chi connectivity index (χ0n) is 12.9. The fraction of sp³-hybridized carbons (Fsp3) is 0.588. The number of amides is 1. The average Bonchev–Trinajstić information content (AvgIpc) is 2.49. The first-order chi connectivity index (χ1) is 11.1. The SMILES string of the molecule is O=C(N[C@@H]1COCC[C@@H]1OCC1CCC1)c1cc(F)ccc1Cl. The molecule has 0 unspecified atom stereocenters. The summed E-state index contributed by atoms with van der Waals surface area (Å²) in [5.41, 5.74) is 0.134. The van der Waals surface area contributed by atoms with Crippen molar-refractivity contribution in [2.45, 2.75) is 37.8 Å². The van der Waals surface area contributed by atoms with E-state index in [0.717, 1.165) is 19.1 Å². The fourth-order valence-corrected chi connectivity index (χ4v) is 3.09. The van der Waals surface area contributed by atoms with Gasteiger partial charge in [0.05, 0.1) is 29.3 Å². The van der Waals surface area contributed by atoms with Gasteiger partial charge in [0, 0.05) is 13.2 Å². The van der Waals surface area contributed by atoms with Crippen LogP contribution in [0.3, 0.4) is 0 Å². The largest absolute Gasteiger partial charge is 0.379 e. The van der Waals surface area contributed by atoms with Crippen LogP contribution in [0.2, 0.25) is 5.02 Å². The van der Waals surface area contributed by atoms with Crippen LogP contribution in [0.1, 0.15) is 36.0 Å². The van der Waals surface area contributed by atoms with Gasteiger partial charge < -0.3 is 14.8 Å². The topological polar surface area (TPSA) is 47.6 Å². The predicted octanol–water partition coefficient (Wildman–Crippen LogP) is 3.18. The van der Waals surface area contributed by atoms with Crippen LogP contribution in [0.15, 0.2) is 18.2 Å². The Balaban J connectivity index is 1.61. The second-order valence-corrected chi connectivity index (χ2v) is 6.64. The fourth-order valence-electron chi connectivity index (χ4n) is 2.89. The number of carbonyl (C=O) groups excluding carboxylic acids is 1. The Labute approximate surface area is 140 Å². The van der Waals surface area contributed by atoms with Crippen LogP contribution >= 0.6 is 11.6 Å². The molecule has 0 radical (unpaired) electrons. The number of nitrogens with one attached hydrogen (secondary N) is 1. The maximum Gasteiger partial charge on any atom is 0.253 e. The second kappa shape index (κ2) is 7.60. The Hall–Kier alpha value is -1.17. The summed E-state index contributed by atoms with van der Waals surface area (Å²) in [7, 11) is 0. The molecule has 1 aromatic carbocycles. The molecule has 2 fully saturated rings. The summed E-state index contributed by atoms with van der Waals surface area (Å²) >= 11 is 5.98. The first-order valence-corrected chi connectivity index (χ1v) is 8.46. The molecule has 0 aromatic heterocycles. The molecule has 2 aliphatic rings. The summed E-state index contributed by atoms with van der Waals surface area (Å²) in [5, 5.41) is 3.10. The summed E-state index contributed by atoms with van der Waals surface area (Å²) < 4.78 is 24.8. The van der Waals surface area contributed by atoms with E-state index in [4.69, 9.17) is 21.1 Å². The molecule has 1 saturated heterocycles. The van der Waals surface area contributed by atoms with E-state index in [1.807, 2.05) is 0 Å². The summed E-state index contributed by atoms with van der Waals surface area (Å²) in [6.45, 7) is 1.76. The Morgan fingerprint density at radius 3 is 2.96 bits per heavy atom. The predicted molar refractivity (Wildman–Crippen MR) is 85.2 cm³/mol. The number of hydrogen-bond donors (Lipinski definition) is 1. The van der Waals surface area contributed by atoms with Crippen LogP contribution in [0, 0.1) is 11.7 Å². The minimum Gasteiger partial charge on any atom is -0.379 e. The van der Waals surface area contributed by atoms with E-state index >= 15 is 0 Å². The highest BCUT2D eigenvalue weighted by molar-refractivity contribution is 6.33. The van der Waals surface area contributed by atoms with Crippen molar-refractivity contribution in [1.82, 2.24) is 5.32 Å². The van der Waals surface area contributed by atoms with Gasteiger partial charge in [-0.25, -0.2) is 4.39 Å². The van der Waals surface area contributed by atoms with Crippen molar-refractivity contribution in [1.29, 1.82) is 0 Å². The van der Waals surface area contributed by atoms with Gasteiger partial charge in [0.2, 0.25) is 0 Å². The van der Waals surface area contributed by atoms with E-state index in [2.05, 4.69) is 5.32 Å². The smallest absolute Gasteiger partial charge is 0.253 e. The Morgan fingerprint density at radius 1 is 1.39 bits per heavy atom. The standard InChI is InChI=1S/C17H21ClFNO3/c18-14-5-4-12(19)8-13(14)17(21)20-15-10-22-7-6-16(15)23-9-11-2-1-3-11/h4-5,8,11,15-16H,1-3,6-7,9-10H2,(H,20,21)/t15-,16+/m1/s1. The molecule has 0 spiro atoms. The van der Waals surface area contributed by atoms with Crippen molar-refractivity contribution < 1.29 is 18.7 Å². The van der Waals surface area contributed by atoms with Crippen LogP contribution in [-0.4, -0.2) is 37.9 Å². The van der Waals surface area contributed by atoms with Crippen molar-refractivity contribution in [3.8, 4) is 0 Å². The molecule has 23 heavy (non-hydrogen) atoms. The van der Waals surface area contributed by atoms with E-state index in [1.54, 1.807) is 0 Å². The molecule has 1 N–H and O–H groups in total. The molecule has 1 aromatic rings. The molecule has 6 heteroatoms. The lowest BCUT2D eigenvalue weighted by molar-refractivity contribution is -0.0696. The number of carbonyl (C=O) groups is 1. The Bertz CT molecular complexity index is 565. The third-order valence-corrected chi connectivity index (χ3v) is 4.88. The lowest BCUT2D eigenvalue weighted by atomic mass is 9.86. The normalized spacial score (nSPS) is 25.0. The van der Waals surface area contributed by atoms with Gasteiger partial charge in [-0.2, -0.15) is 0 Å². The van der Waals surface area contributed by atoms with Crippen molar-refractivity contribution in [3.63, 3.8) is 0 Å². The Morgan fingerprint density at radius 2 is 2.22 bits per heavy atom. The van der Waals surface area contributed by atoms with Crippen LogP contribution in [0.5, 0.6) is 0 Å². The number of rotatable bonds is 5. The van der Waals surface area contributed by atoms with E-state index in [1.165, 1.54) is 31.4 Å². The van der Waals surface area contributed by atoms with Crippen molar-refractivity contribution in [2.24, 2.45) is 5.92 Å². The first-order valence-electron chi connectivity index (χ1n) is 8.09. The summed E-state index contributed by atoms with van der Waals surface area (Å²) in [5.74, 6) is -0.244. The number of hydrogen-bond acceptors (Lipinski definition) is 3. The van der Waals surface area contributed by atoms with E-state index in [-0.39, 0.29) is 22.7 Å². The van der Waals surface area contributed by atoms with Crippen LogP contribution in [-0.2, 0) is 9.47 Å². The van der Waals surface area contributed by atoms with Gasteiger partial charge in [0.25, 0.3) is 5.91 Å². The third kappa shape index (κ3) is 4.22. The molecule has 0 bridgehead atoms. The van der Waals surface area contributed by atoms with Gasteiger partial charge in [-0.15, -0.1) is 0 Å². The number of benzene rings is 1. The minimum atomic E-state index is -0.489. The van der Waals surface area contributed by atoms with E-state index < -0.39 is 11.7 Å². The number of ether oxygens (including phenoxy) is 2. The lowest BCUT2D eigenvalue weighted by Gasteiger charge is -2.34. The quantitative estimate of drug-likeness (QED) is 0.894. The Kier molecular flexibility index (Phi) is 5.51. The van der Waals surface area contributed by atoms with Crippen LogP contribution < -0.4 is 5.32 Å². The van der Waals surface area contributed by atoms with Gasteiger partial charge >= 0.3 is 0 Å². The summed E-state index contributed by atoms with van der Waals surface area (Å²) in [6.07, 6.45) is 4.40. The summed E-state index contributed by atoms with van der Waals surface area (Å²) in [4.78, 5) is 12.4. The molecule has 4 nitrogen and oxygen atoms in total. The van der Waals surface area contributed by atoms with E-state index in [9.17, 15) is 9.18 Å². The van der Waals surface area contributed by atoms with E-state index in [0.29, 0.717) is 19.1 Å². The maximum absolute atomic E-state index is 13.3. The van der Waals surface area contributed by atoms with Crippen molar-refractivity contribution >= 4 is 17.5 Å². The molecule has 3 rings (SSSR count). The maximum atomic E-state index is 13.3. The molecule has 126 valence electrons. The highest BCUT2D eigenvalue weighted by Gasteiger charge is 2.30. The van der Waals surface area contributed by atoms with Gasteiger partial charge in [-0.1, -0.05) is 18.0 Å². The molecular formula is C17H21ClFNO3. The van der Waals surface area contributed by atoms with Crippen molar-refractivity contribution in [3.05, 3.63) is 34.6 Å². The second-order valence-electron chi connectivity index (χ2n) is 6.24. The molecule has 1 aliphatic heterocycles. The highest BCUT2D eigenvalue weighted by Crippen LogP contribution is 2.27. The lowest BCUT2D eigenvalue weighted by Crippen LogP contribution is -2.51. The highest BCUT2D eigenvalue weighted by atomic mass is 35.5.